The number of alkyl halides is 6. The van der Waals surface area contributed by atoms with Gasteiger partial charge >= 0.3 is 24.3 Å². The summed E-state index contributed by atoms with van der Waals surface area (Å²) in [6.07, 6.45) is -1.67. The molecular weight excluding hydrogens is 556 g/mol. The molecule has 0 spiro atoms. The molecule has 2 aliphatic rings. The largest absolute Gasteiger partial charge is 0.490 e. The zero-order chi connectivity index (χ0) is 30.5. The Bertz CT molecular complexity index is 911. The molecule has 3 heterocycles. The first kappa shape index (κ1) is 35.0. The van der Waals surface area contributed by atoms with Gasteiger partial charge in [0.05, 0.1) is 12.7 Å². The van der Waals surface area contributed by atoms with Crippen LogP contribution in [0.3, 0.4) is 0 Å². The predicted octanol–water partition coefficient (Wildman–Crippen LogP) is 1.93. The number of morpholine rings is 1. The number of amides is 1. The molecular formula is C23H33F6N5O6. The molecule has 2 unspecified atom stereocenters. The maximum Gasteiger partial charge on any atom is 0.490 e. The van der Waals surface area contributed by atoms with Crippen molar-refractivity contribution in [2.75, 3.05) is 53.4 Å². The lowest BCUT2D eigenvalue weighted by molar-refractivity contribution is -0.193. The number of likely N-dealkylation sites (tertiary alicyclic amines) is 1. The summed E-state index contributed by atoms with van der Waals surface area (Å²) in [6, 6.07) is 0.434. The standard InChI is InChI=1S/C19H31N5O2.2C2HF3O2/c1-22(2)9-10-23-11-12-26-18-6-8-24(7-5-17(18)23)19(25)4-3-16-13-20-15-21-14-16;2*3-2(4,5)1(6)7/h13-15,17-18H,3-12H2,1-2H3;2*(H,6,7). The Kier molecular flexibility index (Phi) is 14.2. The summed E-state index contributed by atoms with van der Waals surface area (Å²) in [6.45, 7) is 5.55. The number of likely N-dealkylation sites (N-methyl/N-ethyl adjacent to an activating group) is 1. The fourth-order valence-electron chi connectivity index (χ4n) is 3.88. The third-order valence-electron chi connectivity index (χ3n) is 5.90. The van der Waals surface area contributed by atoms with E-state index in [0.717, 1.165) is 57.7 Å². The first-order valence-corrected chi connectivity index (χ1v) is 12.1. The number of carbonyl (C=O) groups excluding carboxylic acids is 1. The number of hydrogen-bond acceptors (Lipinski definition) is 8. The van der Waals surface area contributed by atoms with Crippen LogP contribution in [-0.2, 0) is 25.5 Å². The lowest BCUT2D eigenvalue weighted by Gasteiger charge is -2.40. The fourth-order valence-corrected chi connectivity index (χ4v) is 3.88. The van der Waals surface area contributed by atoms with Crippen molar-refractivity contribution in [2.24, 2.45) is 0 Å². The van der Waals surface area contributed by atoms with E-state index in [1.54, 1.807) is 12.4 Å². The Balaban J connectivity index is 0.000000473. The number of halogens is 6. The van der Waals surface area contributed by atoms with E-state index < -0.39 is 24.3 Å². The number of carbonyl (C=O) groups is 3. The van der Waals surface area contributed by atoms with Crippen LogP contribution in [0.4, 0.5) is 26.3 Å². The molecule has 40 heavy (non-hydrogen) atoms. The SMILES string of the molecule is CN(C)CCN1CCOC2CCN(C(=O)CCc3cncnc3)CCC21.O=C(O)C(F)(F)F.O=C(O)C(F)(F)F. The lowest BCUT2D eigenvalue weighted by atomic mass is 10.0. The number of carboxylic acids is 2. The van der Waals surface area contributed by atoms with Gasteiger partial charge in [0.1, 0.15) is 6.33 Å². The quantitative estimate of drug-likeness (QED) is 0.474. The minimum absolute atomic E-state index is 0.229. The van der Waals surface area contributed by atoms with Gasteiger partial charge in [-0.15, -0.1) is 0 Å². The number of aryl methyl sites for hydroxylation is 1. The summed E-state index contributed by atoms with van der Waals surface area (Å²) in [4.78, 5) is 45.3. The van der Waals surface area contributed by atoms with Crippen LogP contribution in [0.2, 0.25) is 0 Å². The van der Waals surface area contributed by atoms with Crippen molar-refractivity contribution in [2.45, 2.75) is 50.2 Å². The van der Waals surface area contributed by atoms with Gasteiger partial charge in [-0.2, -0.15) is 26.3 Å². The van der Waals surface area contributed by atoms with Crippen molar-refractivity contribution < 1.29 is 55.7 Å². The summed E-state index contributed by atoms with van der Waals surface area (Å²) < 4.78 is 69.5. The first-order valence-electron chi connectivity index (χ1n) is 12.1. The van der Waals surface area contributed by atoms with E-state index in [9.17, 15) is 31.1 Å². The van der Waals surface area contributed by atoms with Crippen molar-refractivity contribution in [3.8, 4) is 0 Å². The van der Waals surface area contributed by atoms with E-state index in [1.807, 2.05) is 4.90 Å². The molecule has 2 N–H and O–H groups in total. The molecule has 0 aliphatic carbocycles. The molecule has 11 nitrogen and oxygen atoms in total. The molecule has 0 radical (unpaired) electrons. The van der Waals surface area contributed by atoms with E-state index in [-0.39, 0.29) is 12.0 Å². The minimum Gasteiger partial charge on any atom is -0.475 e. The van der Waals surface area contributed by atoms with Crippen LogP contribution >= 0.6 is 0 Å². The molecule has 2 atom stereocenters. The van der Waals surface area contributed by atoms with Gasteiger partial charge in [-0.05, 0) is 38.9 Å². The highest BCUT2D eigenvalue weighted by Gasteiger charge is 2.39. The summed E-state index contributed by atoms with van der Waals surface area (Å²) in [5, 5.41) is 14.2. The van der Waals surface area contributed by atoms with Crippen molar-refractivity contribution in [1.82, 2.24) is 24.7 Å². The molecule has 2 aliphatic heterocycles. The summed E-state index contributed by atoms with van der Waals surface area (Å²) >= 11 is 0. The molecule has 17 heteroatoms. The van der Waals surface area contributed by atoms with E-state index in [4.69, 9.17) is 24.5 Å². The van der Waals surface area contributed by atoms with E-state index >= 15 is 0 Å². The molecule has 1 aromatic rings. The Hall–Kier alpha value is -3.05. The number of rotatable bonds is 6. The second-order valence-electron chi connectivity index (χ2n) is 9.13. The summed E-state index contributed by atoms with van der Waals surface area (Å²) in [5.41, 5.74) is 1.02. The van der Waals surface area contributed by atoms with E-state index in [2.05, 4.69) is 33.9 Å². The lowest BCUT2D eigenvalue weighted by Crippen LogP contribution is -2.52. The van der Waals surface area contributed by atoms with Crippen LogP contribution in [-0.4, -0.2) is 131 Å². The van der Waals surface area contributed by atoms with Crippen molar-refractivity contribution in [3.63, 3.8) is 0 Å². The number of carboxylic acid groups (broad SMARTS) is 2. The molecule has 2 saturated heterocycles. The molecule has 0 bridgehead atoms. The third kappa shape index (κ3) is 13.3. The van der Waals surface area contributed by atoms with Gasteiger partial charge in [-0.1, -0.05) is 0 Å². The number of nitrogens with zero attached hydrogens (tertiary/aromatic N) is 5. The highest BCUT2D eigenvalue weighted by Crippen LogP contribution is 2.24. The molecule has 1 amide bonds. The maximum atomic E-state index is 12.7. The predicted molar refractivity (Wildman–Crippen MR) is 127 cm³/mol. The van der Waals surface area contributed by atoms with Crippen molar-refractivity contribution in [3.05, 3.63) is 24.3 Å². The summed E-state index contributed by atoms with van der Waals surface area (Å²) in [7, 11) is 4.23. The zero-order valence-electron chi connectivity index (χ0n) is 22.0. The maximum absolute atomic E-state index is 12.7. The molecule has 1 aromatic heterocycles. The van der Waals surface area contributed by atoms with Crippen LogP contribution in [0, 0.1) is 0 Å². The smallest absolute Gasteiger partial charge is 0.475 e. The molecule has 0 saturated carbocycles. The molecule has 0 aromatic carbocycles. The van der Waals surface area contributed by atoms with Crippen molar-refractivity contribution in [1.29, 1.82) is 0 Å². The van der Waals surface area contributed by atoms with Crippen LogP contribution in [0.1, 0.15) is 24.8 Å². The number of hydrogen-bond donors (Lipinski definition) is 2. The minimum atomic E-state index is -5.08. The summed E-state index contributed by atoms with van der Waals surface area (Å²) in [5.74, 6) is -5.28. The number of ether oxygens (including phenoxy) is 1. The second-order valence-corrected chi connectivity index (χ2v) is 9.13. The Labute approximate surface area is 226 Å². The van der Waals surface area contributed by atoms with E-state index in [1.165, 1.54) is 6.33 Å². The fraction of sp³-hybridized carbons (Fsp3) is 0.696. The van der Waals surface area contributed by atoms with Gasteiger partial charge in [-0.25, -0.2) is 19.6 Å². The van der Waals surface area contributed by atoms with Gasteiger partial charge in [0.25, 0.3) is 0 Å². The molecule has 3 rings (SSSR count). The second kappa shape index (κ2) is 16.3. The van der Waals surface area contributed by atoms with E-state index in [0.29, 0.717) is 18.9 Å². The average molecular weight is 590 g/mol. The number of aliphatic carboxylic acids is 2. The van der Waals surface area contributed by atoms with Crippen LogP contribution < -0.4 is 0 Å². The van der Waals surface area contributed by atoms with Crippen LogP contribution in [0.15, 0.2) is 18.7 Å². The van der Waals surface area contributed by atoms with Gasteiger partial charge in [0.2, 0.25) is 5.91 Å². The Morgan fingerprint density at radius 3 is 2.00 bits per heavy atom. The van der Waals surface area contributed by atoms with Gasteiger partial charge in [0.15, 0.2) is 0 Å². The highest BCUT2D eigenvalue weighted by molar-refractivity contribution is 5.76. The van der Waals surface area contributed by atoms with Gasteiger partial charge in [-0.3, -0.25) is 9.69 Å². The molecule has 228 valence electrons. The number of fused-ring (bicyclic) bond motifs is 1. The highest BCUT2D eigenvalue weighted by atomic mass is 19.4. The topological polar surface area (TPSA) is 136 Å². The normalized spacial score (nSPS) is 19.8. The Morgan fingerprint density at radius 1 is 0.975 bits per heavy atom. The first-order chi connectivity index (χ1) is 18.5. The zero-order valence-corrected chi connectivity index (χ0v) is 22.0. The monoisotopic (exact) mass is 589 g/mol. The van der Waals surface area contributed by atoms with Crippen LogP contribution in [0.5, 0.6) is 0 Å². The Morgan fingerprint density at radius 2 is 1.50 bits per heavy atom. The van der Waals surface area contributed by atoms with Crippen LogP contribution in [0.25, 0.3) is 0 Å². The average Bonchev–Trinajstić information content (AvgIpc) is 3.09. The van der Waals surface area contributed by atoms with Gasteiger partial charge in [0, 0.05) is 57.6 Å². The van der Waals surface area contributed by atoms with Gasteiger partial charge < -0.3 is 24.7 Å². The number of aromatic nitrogens is 2. The van der Waals surface area contributed by atoms with Crippen molar-refractivity contribution >= 4 is 17.8 Å². The molecule has 2 fully saturated rings. The third-order valence-corrected chi connectivity index (χ3v) is 5.90.